The molecule has 2 rings (SSSR count). The molecule has 2 aromatic rings. The zero-order valence-corrected chi connectivity index (χ0v) is 9.28. The van der Waals surface area contributed by atoms with Crippen molar-refractivity contribution < 1.29 is 14.2 Å². The van der Waals surface area contributed by atoms with Gasteiger partial charge in [-0.05, 0) is 11.2 Å². The van der Waals surface area contributed by atoms with E-state index < -0.39 is 0 Å². The molecule has 0 aromatic carbocycles. The van der Waals surface area contributed by atoms with Gasteiger partial charge in [0.25, 0.3) is 6.54 Å². The first-order valence-electron chi connectivity index (χ1n) is 4.99. The molecular weight excluding hydrogens is 220 g/mol. The van der Waals surface area contributed by atoms with Crippen molar-refractivity contribution in [1.29, 1.82) is 0 Å². The quantitative estimate of drug-likeness (QED) is 0.549. The number of hydrogen-bond donors (Lipinski definition) is 0. The number of aromatic nitrogens is 4. The Balaban J connectivity index is 2.16. The number of carbonyl (C=O) groups excluding carboxylic acids is 1. The van der Waals surface area contributed by atoms with E-state index >= 15 is 0 Å². The van der Waals surface area contributed by atoms with Gasteiger partial charge < -0.3 is 4.74 Å². The molecule has 2 aromatic heterocycles. The predicted molar refractivity (Wildman–Crippen MR) is 57.5 cm³/mol. The Morgan fingerprint density at radius 3 is 2.76 bits per heavy atom. The molecule has 86 valence electrons. The summed E-state index contributed by atoms with van der Waals surface area (Å²) in [5.74, 6) is 0.261. The average molecular weight is 231 g/mol. The van der Waals surface area contributed by atoms with E-state index in [9.17, 15) is 4.79 Å². The summed E-state index contributed by atoms with van der Waals surface area (Å²) in [6.07, 6.45) is 6.62. The molecule has 6 heteroatoms. The average Bonchev–Trinajstić information content (AvgIpc) is 2.40. The van der Waals surface area contributed by atoms with E-state index in [1.54, 1.807) is 36.9 Å². The van der Waals surface area contributed by atoms with Gasteiger partial charge in [-0.15, -0.1) is 0 Å². The zero-order valence-electron chi connectivity index (χ0n) is 9.28. The molecule has 0 unspecified atom stereocenters. The van der Waals surface area contributed by atoms with Crippen LogP contribution in [0.2, 0.25) is 0 Å². The molecule has 0 aliphatic carbocycles. The van der Waals surface area contributed by atoms with Gasteiger partial charge in [-0.1, -0.05) is 4.68 Å². The summed E-state index contributed by atoms with van der Waals surface area (Å²) < 4.78 is 6.03. The normalized spacial score (nSPS) is 9.94. The van der Waals surface area contributed by atoms with E-state index in [2.05, 4.69) is 19.8 Å². The largest absolute Gasteiger partial charge is 0.464 e. The first kappa shape index (κ1) is 11.1. The van der Waals surface area contributed by atoms with Gasteiger partial charge in [-0.3, -0.25) is 0 Å². The lowest BCUT2D eigenvalue weighted by Gasteiger charge is -1.97. The topological polar surface area (TPSA) is 68.8 Å². The molecule has 2 heterocycles. The lowest BCUT2D eigenvalue weighted by atomic mass is 10.3. The lowest BCUT2D eigenvalue weighted by molar-refractivity contribution is -0.743. The highest BCUT2D eigenvalue weighted by molar-refractivity contribution is 5.67. The second-order valence-electron chi connectivity index (χ2n) is 3.26. The van der Waals surface area contributed by atoms with Crippen LogP contribution in [0.25, 0.3) is 11.4 Å². The maximum atomic E-state index is 11.0. The molecule has 0 spiro atoms. The van der Waals surface area contributed by atoms with Gasteiger partial charge in [-0.25, -0.2) is 14.8 Å². The van der Waals surface area contributed by atoms with Crippen LogP contribution in [0.15, 0.2) is 36.9 Å². The van der Waals surface area contributed by atoms with Crippen molar-refractivity contribution in [2.75, 3.05) is 7.11 Å². The lowest BCUT2D eigenvalue weighted by Crippen LogP contribution is -2.41. The van der Waals surface area contributed by atoms with E-state index in [4.69, 9.17) is 0 Å². The molecule has 0 amide bonds. The van der Waals surface area contributed by atoms with Crippen molar-refractivity contribution in [3.8, 4) is 11.4 Å². The maximum Gasteiger partial charge on any atom is 0.374 e. The number of esters is 1. The van der Waals surface area contributed by atoms with Gasteiger partial charge in [0, 0.05) is 24.0 Å². The minimum atomic E-state index is -0.341. The molecule has 0 atom stereocenters. The van der Waals surface area contributed by atoms with Crippen LogP contribution in [0.1, 0.15) is 0 Å². The number of nitrogens with zero attached hydrogens (tertiary/aromatic N) is 4. The van der Waals surface area contributed by atoms with Crippen molar-refractivity contribution in [1.82, 2.24) is 15.1 Å². The molecule has 0 bridgehead atoms. The van der Waals surface area contributed by atoms with Crippen LogP contribution >= 0.6 is 0 Å². The van der Waals surface area contributed by atoms with Crippen LogP contribution in [-0.2, 0) is 16.1 Å². The number of methoxy groups -OCH3 is 1. The molecule has 0 radical (unpaired) electrons. The highest BCUT2D eigenvalue weighted by Crippen LogP contribution is 2.08. The first-order chi connectivity index (χ1) is 8.29. The summed E-state index contributed by atoms with van der Waals surface area (Å²) >= 11 is 0. The van der Waals surface area contributed by atoms with Crippen molar-refractivity contribution in [2.45, 2.75) is 6.54 Å². The minimum absolute atomic E-state index is 0.0897. The second kappa shape index (κ2) is 5.11. The van der Waals surface area contributed by atoms with Crippen molar-refractivity contribution in [2.24, 2.45) is 0 Å². The van der Waals surface area contributed by atoms with Gasteiger partial charge in [-0.2, -0.15) is 0 Å². The smallest absolute Gasteiger partial charge is 0.374 e. The minimum Gasteiger partial charge on any atom is -0.464 e. The van der Waals surface area contributed by atoms with Crippen LogP contribution in [0.5, 0.6) is 0 Å². The second-order valence-corrected chi connectivity index (χ2v) is 3.26. The van der Waals surface area contributed by atoms with Crippen LogP contribution in [0, 0.1) is 0 Å². The highest BCUT2D eigenvalue weighted by atomic mass is 16.5. The first-order valence-corrected chi connectivity index (χ1v) is 4.99. The SMILES string of the molecule is COC(=O)C[n+]1ccc(-c2ncccn2)cn1. The van der Waals surface area contributed by atoms with E-state index in [1.807, 2.05) is 0 Å². The fourth-order valence-electron chi connectivity index (χ4n) is 1.26. The van der Waals surface area contributed by atoms with Crippen LogP contribution < -0.4 is 4.68 Å². The Morgan fingerprint density at radius 1 is 1.41 bits per heavy atom. The van der Waals surface area contributed by atoms with Gasteiger partial charge >= 0.3 is 5.97 Å². The number of ether oxygens (including phenoxy) is 1. The summed E-state index contributed by atoms with van der Waals surface area (Å²) in [4.78, 5) is 19.2. The third-order valence-corrected chi connectivity index (χ3v) is 2.11. The fourth-order valence-corrected chi connectivity index (χ4v) is 1.26. The van der Waals surface area contributed by atoms with E-state index in [1.165, 1.54) is 11.8 Å². The summed E-state index contributed by atoms with van der Waals surface area (Å²) in [5, 5.41) is 4.08. The van der Waals surface area contributed by atoms with Crippen LogP contribution in [-0.4, -0.2) is 28.1 Å². The number of carbonyl (C=O) groups is 1. The van der Waals surface area contributed by atoms with E-state index in [0.717, 1.165) is 5.56 Å². The highest BCUT2D eigenvalue weighted by Gasteiger charge is 2.11. The molecule has 0 saturated heterocycles. The van der Waals surface area contributed by atoms with Crippen molar-refractivity contribution in [3.05, 3.63) is 36.9 Å². The number of hydrogen-bond acceptors (Lipinski definition) is 5. The molecule has 0 aliphatic rings. The van der Waals surface area contributed by atoms with Gasteiger partial charge in [0.05, 0.1) is 7.11 Å². The molecular formula is C11H11N4O2+. The molecule has 0 N–H and O–H groups in total. The van der Waals surface area contributed by atoms with Gasteiger partial charge in [0.15, 0.2) is 12.0 Å². The van der Waals surface area contributed by atoms with Gasteiger partial charge in [0.2, 0.25) is 0 Å². The van der Waals surface area contributed by atoms with E-state index in [0.29, 0.717) is 5.82 Å². The third-order valence-electron chi connectivity index (χ3n) is 2.11. The molecule has 0 aliphatic heterocycles. The Hall–Kier alpha value is -2.37. The predicted octanol–water partition coefficient (Wildman–Crippen LogP) is -0.000900. The Kier molecular flexibility index (Phi) is 3.34. The Labute approximate surface area is 97.9 Å². The monoisotopic (exact) mass is 231 g/mol. The van der Waals surface area contributed by atoms with E-state index in [-0.39, 0.29) is 12.5 Å². The Bertz CT molecular complexity index is 499. The summed E-state index contributed by atoms with van der Waals surface area (Å²) in [5.41, 5.74) is 0.798. The molecule has 17 heavy (non-hydrogen) atoms. The number of rotatable bonds is 3. The van der Waals surface area contributed by atoms with Crippen molar-refractivity contribution >= 4 is 5.97 Å². The third kappa shape index (κ3) is 2.81. The molecule has 0 saturated carbocycles. The van der Waals surface area contributed by atoms with Gasteiger partial charge in [0.1, 0.15) is 6.20 Å². The maximum absolute atomic E-state index is 11.0. The van der Waals surface area contributed by atoms with Crippen molar-refractivity contribution in [3.63, 3.8) is 0 Å². The molecule has 0 fully saturated rings. The fraction of sp³-hybridized carbons (Fsp3) is 0.182. The standard InChI is InChI=1S/C11H11N4O2/c1-17-10(16)8-15-6-3-9(7-14-15)11-12-4-2-5-13-11/h2-7H,8H2,1H3/q+1. The summed E-state index contributed by atoms with van der Waals surface area (Å²) in [6.45, 7) is 0.0897. The Morgan fingerprint density at radius 2 is 2.18 bits per heavy atom. The molecule has 6 nitrogen and oxygen atoms in total. The van der Waals surface area contributed by atoms with Crippen LogP contribution in [0.3, 0.4) is 0 Å². The zero-order chi connectivity index (χ0) is 12.1. The van der Waals surface area contributed by atoms with Crippen LogP contribution in [0.4, 0.5) is 0 Å². The summed E-state index contributed by atoms with van der Waals surface area (Å²) in [6, 6.07) is 3.54. The summed E-state index contributed by atoms with van der Waals surface area (Å²) in [7, 11) is 1.34.